The number of carbonyl (C=O) groups is 1. The Morgan fingerprint density at radius 2 is 0.854 bits per heavy atom. The average Bonchev–Trinajstić information content (AvgIpc) is 2.92. The van der Waals surface area contributed by atoms with E-state index in [-0.39, 0.29) is 42.6 Å². The first-order valence-corrected chi connectivity index (χ1v) is 18.6. The Bertz CT molecular complexity index is 666. The fraction of sp³-hybridized carbons (Fsp3) is 0.912. The van der Waals surface area contributed by atoms with Gasteiger partial charge in [-0.1, -0.05) is 161 Å². The van der Waals surface area contributed by atoms with Crippen LogP contribution in [0.15, 0.2) is 12.2 Å². The number of carbonyl (C=O) groups excluding carboxylic acids is 1. The van der Waals surface area contributed by atoms with Crippen LogP contribution in [-0.4, -0.2) is 50.6 Å². The molecule has 0 bridgehead atoms. The van der Waals surface area contributed by atoms with Crippen molar-refractivity contribution in [1.82, 2.24) is 0 Å². The van der Waals surface area contributed by atoms with E-state index in [2.05, 4.69) is 30.2 Å². The van der Waals surface area contributed by atoms with Crippen molar-refractivity contribution in [2.45, 2.75) is 194 Å². The van der Waals surface area contributed by atoms with E-state index in [0.29, 0.717) is 12.8 Å². The van der Waals surface area contributed by atoms with E-state index in [1.54, 1.807) is 0 Å². The second-order valence-corrected chi connectivity index (χ2v) is 12.8. The Kier molecular flexibility index (Phi) is 36.5. The molecule has 0 heterocycles. The summed E-state index contributed by atoms with van der Waals surface area (Å²) in [6.45, 7) is 4.59. The molecule has 0 aliphatic heterocycles. The molecule has 0 radical (unpaired) electrons. The van der Waals surface area contributed by atoms with E-state index < -0.39 is 16.4 Å². The molecule has 0 unspecified atom stereocenters. The number of hydrogen-bond acceptors (Lipinski definition) is 5. The molecule has 0 aliphatic rings. The molecule has 0 rings (SSSR count). The Hall–Kier alpha value is 0.120. The van der Waals surface area contributed by atoms with Crippen LogP contribution in [0.3, 0.4) is 0 Å². The standard InChI is InChI=1S/C34H66O5S.Na.H/c1-3-5-7-9-11-13-15-17-19-20-22-24-26-28-30-32-34(35)39-40(36,37)38-33-31-29-27-25-23-21-18-16-14-12-10-8-6-4-2;;/h17,19H,3-16,18,20-33H2,1-2H3;;. The first kappa shape index (κ1) is 43.2. The summed E-state index contributed by atoms with van der Waals surface area (Å²) in [7, 11) is -4.23. The Morgan fingerprint density at radius 1 is 0.512 bits per heavy atom. The van der Waals surface area contributed by atoms with Gasteiger partial charge in [0.15, 0.2) is 0 Å². The van der Waals surface area contributed by atoms with Crippen molar-refractivity contribution in [1.29, 1.82) is 0 Å². The van der Waals surface area contributed by atoms with Crippen LogP contribution in [0.1, 0.15) is 194 Å². The number of unbranched alkanes of at least 4 members (excludes halogenated alkanes) is 24. The Balaban J connectivity index is 0. The van der Waals surface area contributed by atoms with Crippen LogP contribution in [-0.2, 0) is 23.6 Å². The molecule has 240 valence electrons. The maximum absolute atomic E-state index is 11.9. The maximum atomic E-state index is 11.9. The number of allylic oxidation sites excluding steroid dienone is 2. The van der Waals surface area contributed by atoms with Gasteiger partial charge in [-0.3, -0.25) is 4.79 Å². The zero-order valence-corrected chi connectivity index (χ0v) is 27.4. The third kappa shape index (κ3) is 36.2. The van der Waals surface area contributed by atoms with Gasteiger partial charge >= 0.3 is 45.9 Å². The van der Waals surface area contributed by atoms with E-state index in [9.17, 15) is 13.2 Å². The van der Waals surface area contributed by atoms with Gasteiger partial charge in [-0.05, 0) is 38.5 Å². The van der Waals surface area contributed by atoms with Crippen molar-refractivity contribution in [2.24, 2.45) is 0 Å². The predicted molar refractivity (Wildman–Crippen MR) is 178 cm³/mol. The second kappa shape index (κ2) is 34.6. The monoisotopic (exact) mass is 610 g/mol. The van der Waals surface area contributed by atoms with E-state index in [0.717, 1.165) is 38.5 Å². The van der Waals surface area contributed by atoms with Crippen LogP contribution in [0.4, 0.5) is 0 Å². The van der Waals surface area contributed by atoms with Gasteiger partial charge in [-0.15, -0.1) is 0 Å². The van der Waals surface area contributed by atoms with Crippen LogP contribution in [0, 0.1) is 0 Å². The SMILES string of the molecule is CCCCCCCCC=CCCCCCCCC(=O)OS(=O)(=O)OCCCCCCCCCCCCCCCC.[NaH]. The van der Waals surface area contributed by atoms with Crippen LogP contribution in [0.25, 0.3) is 0 Å². The first-order valence-electron chi connectivity index (χ1n) is 17.3. The third-order valence-electron chi connectivity index (χ3n) is 7.56. The van der Waals surface area contributed by atoms with Gasteiger partial charge in [0.2, 0.25) is 0 Å². The van der Waals surface area contributed by atoms with Gasteiger partial charge in [0.05, 0.1) is 6.61 Å². The molecular formula is C34H67NaO5S. The molecule has 0 saturated carbocycles. The van der Waals surface area contributed by atoms with E-state index in [1.165, 1.54) is 122 Å². The Morgan fingerprint density at radius 3 is 1.27 bits per heavy atom. The van der Waals surface area contributed by atoms with Crippen molar-refractivity contribution < 1.29 is 21.6 Å². The van der Waals surface area contributed by atoms with E-state index >= 15 is 0 Å². The quantitative estimate of drug-likeness (QED) is 0.0430. The zero-order valence-electron chi connectivity index (χ0n) is 26.6. The van der Waals surface area contributed by atoms with Gasteiger partial charge in [-0.25, -0.2) is 4.18 Å². The minimum atomic E-state index is -4.23. The van der Waals surface area contributed by atoms with Crippen molar-refractivity contribution in [3.63, 3.8) is 0 Å². The molecule has 0 saturated heterocycles. The summed E-state index contributed by atoms with van der Waals surface area (Å²) in [5.41, 5.74) is 0. The van der Waals surface area contributed by atoms with Crippen LogP contribution >= 0.6 is 0 Å². The summed E-state index contributed by atoms with van der Waals surface area (Å²) in [5, 5.41) is 0. The third-order valence-corrected chi connectivity index (χ3v) is 8.41. The predicted octanol–water partition coefficient (Wildman–Crippen LogP) is 10.7. The molecule has 0 aromatic heterocycles. The normalized spacial score (nSPS) is 11.7. The molecule has 0 aliphatic carbocycles. The summed E-state index contributed by atoms with van der Waals surface area (Å²) in [6.07, 6.45) is 37.4. The zero-order chi connectivity index (χ0) is 29.4. The van der Waals surface area contributed by atoms with E-state index in [4.69, 9.17) is 4.18 Å². The average molecular weight is 611 g/mol. The van der Waals surface area contributed by atoms with Crippen LogP contribution in [0.5, 0.6) is 0 Å². The molecule has 0 atom stereocenters. The molecule has 0 aromatic carbocycles. The van der Waals surface area contributed by atoms with Gasteiger partial charge < -0.3 is 4.18 Å². The number of rotatable bonds is 32. The summed E-state index contributed by atoms with van der Waals surface area (Å²) < 4.78 is 33.2. The van der Waals surface area contributed by atoms with Crippen LogP contribution in [0.2, 0.25) is 0 Å². The summed E-state index contributed by atoms with van der Waals surface area (Å²) >= 11 is 0. The molecule has 0 fully saturated rings. The molecular weight excluding hydrogens is 543 g/mol. The summed E-state index contributed by atoms with van der Waals surface area (Å²) in [4.78, 5) is 11.9. The fourth-order valence-corrected chi connectivity index (χ4v) is 5.66. The summed E-state index contributed by atoms with van der Waals surface area (Å²) in [6, 6.07) is 0. The van der Waals surface area contributed by atoms with Gasteiger partial charge in [-0.2, -0.15) is 8.42 Å². The second-order valence-electron chi connectivity index (χ2n) is 11.6. The molecule has 7 heteroatoms. The van der Waals surface area contributed by atoms with Crippen molar-refractivity contribution >= 4 is 45.9 Å². The molecule has 0 N–H and O–H groups in total. The minimum absolute atomic E-state index is 0. The van der Waals surface area contributed by atoms with Gasteiger partial charge in [0.25, 0.3) is 0 Å². The molecule has 0 spiro atoms. The Labute approximate surface area is 278 Å². The molecule has 5 nitrogen and oxygen atoms in total. The van der Waals surface area contributed by atoms with Gasteiger partial charge in [0, 0.05) is 6.42 Å². The van der Waals surface area contributed by atoms with Crippen molar-refractivity contribution in [2.75, 3.05) is 6.61 Å². The topological polar surface area (TPSA) is 69.7 Å². The number of hydrogen-bond donors (Lipinski definition) is 0. The first-order chi connectivity index (χ1) is 19.5. The van der Waals surface area contributed by atoms with E-state index in [1.807, 2.05) is 0 Å². The fourth-order valence-electron chi connectivity index (χ4n) is 4.98. The molecule has 0 aromatic rings. The van der Waals surface area contributed by atoms with Crippen molar-refractivity contribution in [3.8, 4) is 0 Å². The summed E-state index contributed by atoms with van der Waals surface area (Å²) in [5.74, 6) is -0.710. The van der Waals surface area contributed by atoms with Crippen LogP contribution < -0.4 is 0 Å². The van der Waals surface area contributed by atoms with Gasteiger partial charge in [0.1, 0.15) is 0 Å². The molecule has 0 amide bonds. The molecule has 41 heavy (non-hydrogen) atoms. The van der Waals surface area contributed by atoms with Crippen molar-refractivity contribution in [3.05, 3.63) is 12.2 Å².